The molecule has 0 spiro atoms. The van der Waals surface area contributed by atoms with Gasteiger partial charge in [-0.3, -0.25) is 0 Å². The minimum atomic E-state index is 0.508. The van der Waals surface area contributed by atoms with Crippen LogP contribution < -0.4 is 0 Å². The van der Waals surface area contributed by atoms with Gasteiger partial charge in [-0.15, -0.1) is 0 Å². The first kappa shape index (κ1) is 16.7. The molecule has 1 nitrogen and oxygen atoms in total. The molecular weight excluding hydrogens is 263 g/mol. The van der Waals surface area contributed by atoms with Crippen molar-refractivity contribution in [3.8, 4) is 0 Å². The number of thioether (sulfide) groups is 1. The third kappa shape index (κ3) is 4.98. The van der Waals surface area contributed by atoms with Crippen LogP contribution in [0.25, 0.3) is 0 Å². The summed E-state index contributed by atoms with van der Waals surface area (Å²) in [6, 6.07) is 0. The largest absolute Gasteiger partial charge is 0.432 e. The second-order valence-corrected chi connectivity index (χ2v) is 8.74. The monoisotopic (exact) mass is 296 g/mol. The zero-order valence-electron chi connectivity index (χ0n) is 13.8. The fourth-order valence-electron chi connectivity index (χ4n) is 3.98. The van der Waals surface area contributed by atoms with Crippen LogP contribution in [-0.2, 0) is 4.65 Å². The number of rotatable bonds is 8. The molecule has 20 heavy (non-hydrogen) atoms. The van der Waals surface area contributed by atoms with Crippen molar-refractivity contribution in [2.24, 2.45) is 0 Å². The highest BCUT2D eigenvalue weighted by molar-refractivity contribution is 7.99. The van der Waals surface area contributed by atoms with Crippen molar-refractivity contribution in [3.63, 3.8) is 0 Å². The topological polar surface area (TPSA) is 9.23 Å². The van der Waals surface area contributed by atoms with Crippen LogP contribution >= 0.6 is 11.8 Å². The predicted molar refractivity (Wildman–Crippen MR) is 92.9 cm³/mol. The van der Waals surface area contributed by atoms with E-state index in [1.165, 1.54) is 63.5 Å². The van der Waals surface area contributed by atoms with E-state index in [9.17, 15) is 0 Å². The van der Waals surface area contributed by atoms with Gasteiger partial charge in [0.25, 0.3) is 6.92 Å². The van der Waals surface area contributed by atoms with E-state index in [1.54, 1.807) is 0 Å². The molecule has 0 aromatic heterocycles. The van der Waals surface area contributed by atoms with E-state index in [-0.39, 0.29) is 0 Å². The Morgan fingerprint density at radius 2 is 1.70 bits per heavy atom. The summed E-state index contributed by atoms with van der Waals surface area (Å²) in [5, 5.41) is 0.730. The molecule has 1 unspecified atom stereocenters. The summed E-state index contributed by atoms with van der Waals surface area (Å²) in [5.74, 6) is 2.97. The van der Waals surface area contributed by atoms with Gasteiger partial charge in [0, 0.05) is 11.9 Å². The van der Waals surface area contributed by atoms with E-state index < -0.39 is 0 Å². The maximum Gasteiger partial charge on any atom is 0.299 e. The van der Waals surface area contributed by atoms with E-state index in [0.29, 0.717) is 13.0 Å². The van der Waals surface area contributed by atoms with Gasteiger partial charge < -0.3 is 4.65 Å². The van der Waals surface area contributed by atoms with Crippen LogP contribution in [0.3, 0.4) is 0 Å². The first-order chi connectivity index (χ1) is 9.70. The average molecular weight is 296 g/mol. The fraction of sp³-hybridized carbons (Fsp3) is 1.00. The molecule has 1 atom stereocenters. The number of hydrogen-bond acceptors (Lipinski definition) is 2. The summed E-state index contributed by atoms with van der Waals surface area (Å²) < 4.78 is 6.69. The van der Waals surface area contributed by atoms with E-state index in [4.69, 9.17) is 4.65 Å². The van der Waals surface area contributed by atoms with Gasteiger partial charge in [-0.2, -0.15) is 11.8 Å². The fourth-order valence-corrected chi connectivity index (χ4v) is 4.83. The zero-order chi connectivity index (χ0) is 14.4. The van der Waals surface area contributed by atoms with E-state index in [1.807, 2.05) is 0 Å². The third-order valence-corrected chi connectivity index (χ3v) is 6.30. The Morgan fingerprint density at radius 3 is 2.20 bits per heavy atom. The molecule has 2 aliphatic heterocycles. The van der Waals surface area contributed by atoms with Gasteiger partial charge >= 0.3 is 0 Å². The Labute approximate surface area is 131 Å². The molecule has 116 valence electrons. The molecule has 0 aliphatic carbocycles. The SMILES string of the molecule is CCCCC(CSC(C)C)OB1C2CCCC1CCC2. The van der Waals surface area contributed by atoms with Crippen molar-refractivity contribution >= 4 is 18.7 Å². The van der Waals surface area contributed by atoms with Crippen LogP contribution in [0.15, 0.2) is 0 Å². The lowest BCUT2D eigenvalue weighted by atomic mass is 9.38. The van der Waals surface area contributed by atoms with Crippen molar-refractivity contribution in [1.29, 1.82) is 0 Å². The highest BCUT2D eigenvalue weighted by Crippen LogP contribution is 2.47. The summed E-state index contributed by atoms with van der Waals surface area (Å²) in [5.41, 5.74) is 0. The molecule has 2 saturated heterocycles. The van der Waals surface area contributed by atoms with Crippen molar-refractivity contribution in [2.45, 2.75) is 102 Å². The van der Waals surface area contributed by atoms with Crippen LogP contribution in [0.5, 0.6) is 0 Å². The van der Waals surface area contributed by atoms with Gasteiger partial charge in [0.05, 0.1) is 0 Å². The van der Waals surface area contributed by atoms with Crippen molar-refractivity contribution in [2.75, 3.05) is 5.75 Å². The molecule has 0 aromatic carbocycles. The van der Waals surface area contributed by atoms with Crippen LogP contribution in [0.1, 0.15) is 78.6 Å². The molecule has 2 aliphatic rings. The highest BCUT2D eigenvalue weighted by Gasteiger charge is 2.42. The average Bonchev–Trinajstić information content (AvgIpc) is 2.41. The van der Waals surface area contributed by atoms with Crippen molar-refractivity contribution in [1.82, 2.24) is 0 Å². The van der Waals surface area contributed by atoms with Crippen LogP contribution in [0, 0.1) is 0 Å². The molecule has 2 bridgehead atoms. The van der Waals surface area contributed by atoms with E-state index in [0.717, 1.165) is 16.9 Å². The maximum absolute atomic E-state index is 6.69. The van der Waals surface area contributed by atoms with Gasteiger partial charge in [-0.05, 0) is 23.3 Å². The first-order valence-corrected chi connectivity index (χ1v) is 10.0. The molecule has 0 saturated carbocycles. The van der Waals surface area contributed by atoms with Gasteiger partial charge in [-0.1, -0.05) is 72.1 Å². The van der Waals surface area contributed by atoms with Crippen molar-refractivity contribution in [3.05, 3.63) is 0 Å². The highest BCUT2D eigenvalue weighted by atomic mass is 32.2. The second-order valence-electron chi connectivity index (χ2n) is 7.13. The lowest BCUT2D eigenvalue weighted by Gasteiger charge is -2.41. The Bertz CT molecular complexity index is 250. The van der Waals surface area contributed by atoms with Crippen LogP contribution in [-0.4, -0.2) is 24.0 Å². The van der Waals surface area contributed by atoms with Crippen LogP contribution in [0.4, 0.5) is 0 Å². The third-order valence-electron chi connectivity index (χ3n) is 5.07. The quantitative estimate of drug-likeness (QED) is 0.523. The lowest BCUT2D eigenvalue weighted by Crippen LogP contribution is -2.40. The molecule has 0 N–H and O–H groups in total. The normalized spacial score (nSPS) is 27.9. The number of hydrogen-bond donors (Lipinski definition) is 0. The Balaban J connectivity index is 1.87. The molecule has 2 rings (SSSR count). The summed E-state index contributed by atoms with van der Waals surface area (Å²) >= 11 is 2.08. The lowest BCUT2D eigenvalue weighted by molar-refractivity contribution is 0.185. The first-order valence-electron chi connectivity index (χ1n) is 8.97. The van der Waals surface area contributed by atoms with Gasteiger partial charge in [-0.25, -0.2) is 0 Å². The van der Waals surface area contributed by atoms with Gasteiger partial charge in [0.2, 0.25) is 0 Å². The molecule has 2 fully saturated rings. The standard InChI is InChI=1S/C17H33BOS/c1-4-5-12-17(13-20-14(2)3)19-18-15-8-6-9-16(18)11-7-10-15/h14-17H,4-13H2,1-3H3. The maximum atomic E-state index is 6.69. The summed E-state index contributed by atoms with van der Waals surface area (Å²) in [4.78, 5) is 0. The zero-order valence-corrected chi connectivity index (χ0v) is 14.6. The molecule has 0 amide bonds. The van der Waals surface area contributed by atoms with Gasteiger partial charge in [0.15, 0.2) is 0 Å². The van der Waals surface area contributed by atoms with Gasteiger partial charge in [0.1, 0.15) is 0 Å². The summed E-state index contributed by atoms with van der Waals surface area (Å²) in [6.07, 6.45) is 13.0. The van der Waals surface area contributed by atoms with Crippen molar-refractivity contribution < 1.29 is 4.65 Å². The molecule has 0 aromatic rings. The van der Waals surface area contributed by atoms with E-state index >= 15 is 0 Å². The molecule has 2 heterocycles. The molecule has 3 heteroatoms. The molecular formula is C17H33BOS. The minimum absolute atomic E-state index is 0.508. The summed E-state index contributed by atoms with van der Waals surface area (Å²) in [6.45, 7) is 7.50. The minimum Gasteiger partial charge on any atom is -0.432 e. The smallest absolute Gasteiger partial charge is 0.299 e. The number of unbranched alkanes of at least 4 members (excludes halogenated alkanes) is 1. The van der Waals surface area contributed by atoms with Crippen LogP contribution in [0.2, 0.25) is 11.6 Å². The van der Waals surface area contributed by atoms with E-state index in [2.05, 4.69) is 32.5 Å². The Hall–Kier alpha value is 0.375. The predicted octanol–water partition coefficient (Wildman–Crippen LogP) is 5.80. The number of fused-ring (bicyclic) bond motifs is 2. The second kappa shape index (κ2) is 8.73. The molecule has 0 radical (unpaired) electrons. The summed E-state index contributed by atoms with van der Waals surface area (Å²) in [7, 11) is 0. The Kier molecular flexibility index (Phi) is 7.31. The Morgan fingerprint density at radius 1 is 1.10 bits per heavy atom.